The summed E-state index contributed by atoms with van der Waals surface area (Å²) < 4.78 is 26.2. The molecule has 1 aromatic carbocycles. The maximum absolute atomic E-state index is 10.8. The average molecular weight is 273 g/mol. The van der Waals surface area contributed by atoms with Crippen LogP contribution < -0.4 is 0 Å². The van der Waals surface area contributed by atoms with Gasteiger partial charge in [0.25, 0.3) is 10.1 Å². The van der Waals surface area contributed by atoms with E-state index in [4.69, 9.17) is 11.6 Å². The number of fused-ring (bicyclic) bond motifs is 1. The summed E-state index contributed by atoms with van der Waals surface area (Å²) in [4.78, 5) is 8.15. The molecule has 0 amide bonds. The van der Waals surface area contributed by atoms with Gasteiger partial charge in [0, 0.05) is 16.6 Å². The van der Waals surface area contributed by atoms with E-state index in [1.165, 1.54) is 0 Å². The van der Waals surface area contributed by atoms with E-state index in [-0.39, 0.29) is 6.61 Å². The van der Waals surface area contributed by atoms with Gasteiger partial charge >= 0.3 is 0 Å². The molecule has 0 fully saturated rings. The van der Waals surface area contributed by atoms with E-state index in [1.54, 1.807) is 24.4 Å². The number of rotatable bonds is 3. The number of hydrogen-bond acceptors (Lipinski definition) is 5. The molecule has 0 aliphatic carbocycles. The first-order chi connectivity index (χ1) is 7.94. The highest BCUT2D eigenvalue weighted by molar-refractivity contribution is 7.85. The van der Waals surface area contributed by atoms with Crippen molar-refractivity contribution in [3.05, 3.63) is 35.2 Å². The van der Waals surface area contributed by atoms with Crippen LogP contribution in [0.2, 0.25) is 5.02 Å². The van der Waals surface area contributed by atoms with Crippen LogP contribution in [0.1, 0.15) is 5.82 Å². The summed E-state index contributed by atoms with van der Waals surface area (Å²) in [6.45, 7) is -0.169. The predicted molar refractivity (Wildman–Crippen MR) is 64.2 cm³/mol. The standard InChI is InChI=1S/C10H9ClN2O3S/c1-17(14,15)16-6-10-12-5-7-4-8(11)2-3-9(7)13-10/h2-5H,6H2,1H3. The molecule has 90 valence electrons. The molecule has 5 nitrogen and oxygen atoms in total. The lowest BCUT2D eigenvalue weighted by atomic mass is 10.2. The van der Waals surface area contributed by atoms with Crippen molar-refractivity contribution in [1.29, 1.82) is 0 Å². The molecule has 0 spiro atoms. The smallest absolute Gasteiger partial charge is 0.262 e. The third-order valence-corrected chi connectivity index (χ3v) is 2.77. The Hall–Kier alpha value is -1.24. The molecular weight excluding hydrogens is 264 g/mol. The monoisotopic (exact) mass is 272 g/mol. The SMILES string of the molecule is CS(=O)(=O)OCc1ncc2cc(Cl)ccc2n1. The fourth-order valence-corrected chi connectivity index (χ4v) is 1.77. The Morgan fingerprint density at radius 1 is 1.41 bits per heavy atom. The van der Waals surface area contributed by atoms with E-state index < -0.39 is 10.1 Å². The lowest BCUT2D eigenvalue weighted by molar-refractivity contribution is 0.302. The molecule has 0 saturated heterocycles. The van der Waals surface area contributed by atoms with Crippen LogP contribution in [0.4, 0.5) is 0 Å². The minimum absolute atomic E-state index is 0.169. The topological polar surface area (TPSA) is 69.2 Å². The van der Waals surface area contributed by atoms with Gasteiger partial charge in [-0.1, -0.05) is 11.6 Å². The van der Waals surface area contributed by atoms with E-state index in [2.05, 4.69) is 14.2 Å². The Morgan fingerprint density at radius 2 is 2.18 bits per heavy atom. The van der Waals surface area contributed by atoms with Gasteiger partial charge in [-0.15, -0.1) is 0 Å². The highest BCUT2D eigenvalue weighted by Gasteiger charge is 2.05. The van der Waals surface area contributed by atoms with Gasteiger partial charge in [0.05, 0.1) is 11.8 Å². The zero-order valence-electron chi connectivity index (χ0n) is 8.92. The molecule has 0 aliphatic heterocycles. The van der Waals surface area contributed by atoms with Gasteiger partial charge in [-0.25, -0.2) is 9.97 Å². The van der Waals surface area contributed by atoms with Gasteiger partial charge in [-0.05, 0) is 18.2 Å². The number of benzene rings is 1. The van der Waals surface area contributed by atoms with Crippen LogP contribution in [0.5, 0.6) is 0 Å². The maximum atomic E-state index is 10.8. The van der Waals surface area contributed by atoms with Gasteiger partial charge in [-0.2, -0.15) is 8.42 Å². The zero-order chi connectivity index (χ0) is 12.5. The van der Waals surface area contributed by atoms with Crippen molar-refractivity contribution in [3.63, 3.8) is 0 Å². The Balaban J connectivity index is 2.29. The third-order valence-electron chi connectivity index (χ3n) is 1.99. The highest BCUT2D eigenvalue weighted by Crippen LogP contribution is 2.17. The van der Waals surface area contributed by atoms with Crippen LogP contribution in [0, 0.1) is 0 Å². The van der Waals surface area contributed by atoms with E-state index >= 15 is 0 Å². The minimum Gasteiger partial charge on any atom is -0.262 e. The summed E-state index contributed by atoms with van der Waals surface area (Å²) in [5.41, 5.74) is 0.691. The van der Waals surface area contributed by atoms with E-state index in [0.29, 0.717) is 16.4 Å². The second kappa shape index (κ2) is 4.56. The molecule has 2 rings (SSSR count). The lowest BCUT2D eigenvalue weighted by Gasteiger charge is -2.02. The Bertz CT molecular complexity index is 658. The van der Waals surface area contributed by atoms with Gasteiger partial charge in [0.15, 0.2) is 5.82 Å². The van der Waals surface area contributed by atoms with Crippen molar-refractivity contribution >= 4 is 32.6 Å². The molecule has 0 N–H and O–H groups in total. The Kier molecular flexibility index (Phi) is 3.28. The summed E-state index contributed by atoms with van der Waals surface area (Å²) in [5.74, 6) is 0.310. The molecule has 17 heavy (non-hydrogen) atoms. The molecule has 0 bridgehead atoms. The van der Waals surface area contributed by atoms with Crippen LogP contribution >= 0.6 is 11.6 Å². The van der Waals surface area contributed by atoms with Gasteiger partial charge < -0.3 is 0 Å². The predicted octanol–water partition coefficient (Wildman–Crippen LogP) is 1.76. The van der Waals surface area contributed by atoms with Crippen molar-refractivity contribution in [3.8, 4) is 0 Å². The summed E-state index contributed by atoms with van der Waals surface area (Å²) in [6, 6.07) is 5.18. The lowest BCUT2D eigenvalue weighted by Crippen LogP contribution is -2.05. The molecular formula is C10H9ClN2O3S. The van der Waals surface area contributed by atoms with Crippen molar-refractivity contribution in [2.75, 3.05) is 6.26 Å². The summed E-state index contributed by atoms with van der Waals surface area (Å²) in [5, 5.41) is 1.39. The van der Waals surface area contributed by atoms with Crippen LogP contribution in [-0.2, 0) is 20.9 Å². The highest BCUT2D eigenvalue weighted by atomic mass is 35.5. The third kappa shape index (κ3) is 3.36. The number of aromatic nitrogens is 2. The largest absolute Gasteiger partial charge is 0.264 e. The van der Waals surface area contributed by atoms with Crippen molar-refractivity contribution < 1.29 is 12.6 Å². The zero-order valence-corrected chi connectivity index (χ0v) is 10.5. The van der Waals surface area contributed by atoms with E-state index in [9.17, 15) is 8.42 Å². The van der Waals surface area contributed by atoms with Crippen LogP contribution in [0.25, 0.3) is 10.9 Å². The average Bonchev–Trinajstić information content (AvgIpc) is 2.25. The molecule has 0 aliphatic rings. The van der Waals surface area contributed by atoms with Crippen molar-refractivity contribution in [1.82, 2.24) is 9.97 Å². The maximum Gasteiger partial charge on any atom is 0.264 e. The summed E-state index contributed by atoms with van der Waals surface area (Å²) >= 11 is 5.82. The van der Waals surface area contributed by atoms with E-state index in [1.807, 2.05) is 0 Å². The molecule has 0 atom stereocenters. The molecule has 1 aromatic heterocycles. The molecule has 1 heterocycles. The van der Waals surface area contributed by atoms with Crippen LogP contribution in [0.15, 0.2) is 24.4 Å². The molecule has 7 heteroatoms. The van der Waals surface area contributed by atoms with Crippen LogP contribution in [-0.4, -0.2) is 24.6 Å². The Labute approximate surface area is 104 Å². The number of nitrogens with zero attached hydrogens (tertiary/aromatic N) is 2. The van der Waals surface area contributed by atoms with Gasteiger partial charge in [0.2, 0.25) is 0 Å². The fraction of sp³-hybridized carbons (Fsp3) is 0.200. The molecule has 0 saturated carbocycles. The summed E-state index contributed by atoms with van der Waals surface area (Å²) in [6.07, 6.45) is 2.56. The first-order valence-electron chi connectivity index (χ1n) is 4.70. The van der Waals surface area contributed by atoms with Crippen LogP contribution in [0.3, 0.4) is 0 Å². The minimum atomic E-state index is -3.48. The van der Waals surface area contributed by atoms with Crippen molar-refractivity contribution in [2.45, 2.75) is 6.61 Å². The van der Waals surface area contributed by atoms with Crippen molar-refractivity contribution in [2.24, 2.45) is 0 Å². The second-order valence-corrected chi connectivity index (χ2v) is 5.54. The van der Waals surface area contributed by atoms with Gasteiger partial charge in [-0.3, -0.25) is 4.18 Å². The Morgan fingerprint density at radius 3 is 2.88 bits per heavy atom. The summed E-state index contributed by atoms with van der Waals surface area (Å²) in [7, 11) is -3.48. The fourth-order valence-electron chi connectivity index (χ4n) is 1.27. The normalized spacial score (nSPS) is 11.9. The first-order valence-corrected chi connectivity index (χ1v) is 6.89. The number of hydrogen-bond donors (Lipinski definition) is 0. The van der Waals surface area contributed by atoms with Gasteiger partial charge in [0.1, 0.15) is 6.61 Å². The molecule has 0 unspecified atom stereocenters. The first kappa shape index (κ1) is 12.2. The molecule has 0 radical (unpaired) electrons. The molecule has 2 aromatic rings. The quantitative estimate of drug-likeness (QED) is 0.797. The number of halogens is 1. The van der Waals surface area contributed by atoms with E-state index in [0.717, 1.165) is 11.6 Å². The second-order valence-electron chi connectivity index (χ2n) is 3.46.